The lowest BCUT2D eigenvalue weighted by Gasteiger charge is -2.26. The zero-order valence-corrected chi connectivity index (χ0v) is 24.0. The zero-order valence-electron chi connectivity index (χ0n) is 23.0. The smallest absolute Gasteiger partial charge is 0.408 e. The van der Waals surface area contributed by atoms with Crippen LogP contribution >= 0.6 is 0 Å². The minimum Gasteiger partial charge on any atom is -0.444 e. The van der Waals surface area contributed by atoms with Crippen molar-refractivity contribution in [3.8, 4) is 6.07 Å². The molecule has 1 aromatic heterocycles. The number of amides is 1. The Balaban J connectivity index is 2.02. The standard InChI is InChI=1S/C28H40FN3O3Si/c1-18-19(2)32(17-34-12-13-36(6,7)8)26-21(16-30)15-23(29)25(24(18)26)20-10-9-11-22(14-20)31-27(33)35-28(3,4)5/h14-15,22H,9-13,17H2,1-8H3,(H,31,33)/t22-/m0/s1. The predicted octanol–water partition coefficient (Wildman–Crippen LogP) is 7.04. The van der Waals surface area contributed by atoms with Crippen molar-refractivity contribution in [2.24, 2.45) is 0 Å². The van der Waals surface area contributed by atoms with Crippen LogP contribution in [0.25, 0.3) is 16.5 Å². The first-order valence-electron chi connectivity index (χ1n) is 12.7. The minimum atomic E-state index is -1.23. The van der Waals surface area contributed by atoms with Crippen molar-refractivity contribution in [3.63, 3.8) is 0 Å². The maximum absolute atomic E-state index is 15.6. The van der Waals surface area contributed by atoms with E-state index in [0.717, 1.165) is 41.1 Å². The predicted molar refractivity (Wildman–Crippen MR) is 145 cm³/mol. The fourth-order valence-corrected chi connectivity index (χ4v) is 5.39. The van der Waals surface area contributed by atoms with Gasteiger partial charge in [-0.25, -0.2) is 9.18 Å². The van der Waals surface area contributed by atoms with Gasteiger partial charge in [0.1, 0.15) is 24.2 Å². The van der Waals surface area contributed by atoms with Gasteiger partial charge in [-0.3, -0.25) is 0 Å². The summed E-state index contributed by atoms with van der Waals surface area (Å²) in [6.07, 6.45) is 3.72. The molecule has 0 unspecified atom stereocenters. The summed E-state index contributed by atoms with van der Waals surface area (Å²) in [5, 5.41) is 13.5. The maximum Gasteiger partial charge on any atom is 0.408 e. The number of rotatable bonds is 7. The first-order chi connectivity index (χ1) is 16.7. The number of ether oxygens (including phenoxy) is 2. The number of carbonyl (C=O) groups excluding carboxylic acids is 1. The zero-order chi connectivity index (χ0) is 26.8. The van der Waals surface area contributed by atoms with E-state index in [2.05, 4.69) is 31.0 Å². The SMILES string of the molecule is Cc1c(C)n(COCC[Si](C)(C)C)c2c(C#N)cc(F)c(C3=C[C@@H](NC(=O)OC(C)(C)C)CCC3)c12. The van der Waals surface area contributed by atoms with Crippen molar-refractivity contribution in [2.45, 2.75) is 97.9 Å². The number of halogens is 1. The molecule has 0 bridgehead atoms. The van der Waals surface area contributed by atoms with Crippen LogP contribution in [-0.4, -0.2) is 37.0 Å². The number of benzene rings is 1. The topological polar surface area (TPSA) is 76.3 Å². The van der Waals surface area contributed by atoms with Crippen LogP contribution in [0.1, 0.15) is 62.4 Å². The highest BCUT2D eigenvalue weighted by molar-refractivity contribution is 6.76. The van der Waals surface area contributed by atoms with Crippen LogP contribution in [0, 0.1) is 31.0 Å². The molecular formula is C28H40FN3O3Si. The monoisotopic (exact) mass is 513 g/mol. The van der Waals surface area contributed by atoms with Crippen LogP contribution < -0.4 is 5.32 Å². The quantitative estimate of drug-likeness (QED) is 0.318. The summed E-state index contributed by atoms with van der Waals surface area (Å²) in [6, 6.07) is 4.33. The molecule has 0 aliphatic heterocycles. The van der Waals surface area contributed by atoms with Crippen LogP contribution in [0.4, 0.5) is 9.18 Å². The average Bonchev–Trinajstić information content (AvgIpc) is 2.99. The molecule has 0 radical (unpaired) electrons. The second-order valence-electron chi connectivity index (χ2n) is 11.9. The average molecular weight is 514 g/mol. The molecule has 1 heterocycles. The molecule has 0 saturated carbocycles. The van der Waals surface area contributed by atoms with Crippen LogP contribution in [0.3, 0.4) is 0 Å². The van der Waals surface area contributed by atoms with E-state index >= 15 is 4.39 Å². The Hall–Kier alpha value is -2.63. The van der Waals surface area contributed by atoms with Crippen LogP contribution in [-0.2, 0) is 16.2 Å². The fraction of sp³-hybridized carbons (Fsp3) is 0.571. The second-order valence-corrected chi connectivity index (χ2v) is 17.6. The van der Waals surface area contributed by atoms with Crippen molar-refractivity contribution in [1.82, 2.24) is 9.88 Å². The van der Waals surface area contributed by atoms with Gasteiger partial charge in [-0.2, -0.15) is 5.26 Å². The van der Waals surface area contributed by atoms with E-state index in [9.17, 15) is 10.1 Å². The molecular weight excluding hydrogens is 473 g/mol. The highest BCUT2D eigenvalue weighted by Gasteiger charge is 2.27. The first kappa shape index (κ1) is 27.9. The third kappa shape index (κ3) is 6.57. The normalized spacial score (nSPS) is 16.6. The van der Waals surface area contributed by atoms with Crippen molar-refractivity contribution in [2.75, 3.05) is 6.61 Å². The summed E-state index contributed by atoms with van der Waals surface area (Å²) < 4.78 is 29.0. The Labute approximate surface area is 215 Å². The van der Waals surface area contributed by atoms with E-state index in [4.69, 9.17) is 9.47 Å². The van der Waals surface area contributed by atoms with Crippen molar-refractivity contribution in [1.29, 1.82) is 5.26 Å². The number of allylic oxidation sites excluding steroid dienone is 1. The van der Waals surface area contributed by atoms with E-state index in [1.54, 1.807) is 0 Å². The Morgan fingerprint density at radius 2 is 2.00 bits per heavy atom. The molecule has 2 aromatic rings. The van der Waals surface area contributed by atoms with Gasteiger partial charge in [0.05, 0.1) is 17.1 Å². The number of nitrogens with one attached hydrogen (secondary N) is 1. The molecule has 1 N–H and O–H groups in total. The van der Waals surface area contributed by atoms with Crippen molar-refractivity contribution >= 4 is 30.6 Å². The number of hydrogen-bond acceptors (Lipinski definition) is 4. The number of nitrogens with zero attached hydrogens (tertiary/aromatic N) is 2. The molecule has 1 amide bonds. The van der Waals surface area contributed by atoms with Gasteiger partial charge < -0.3 is 19.4 Å². The molecule has 1 atom stereocenters. The molecule has 1 aliphatic rings. The number of alkyl carbamates (subject to hydrolysis) is 1. The fourth-order valence-electron chi connectivity index (χ4n) is 4.63. The third-order valence-electron chi connectivity index (χ3n) is 6.57. The van der Waals surface area contributed by atoms with Gasteiger partial charge in [-0.05, 0) is 77.1 Å². The van der Waals surface area contributed by atoms with Crippen LogP contribution in [0.15, 0.2) is 12.1 Å². The van der Waals surface area contributed by atoms with Gasteiger partial charge in [0.15, 0.2) is 0 Å². The second kappa shape index (κ2) is 10.8. The lowest BCUT2D eigenvalue weighted by molar-refractivity contribution is 0.0511. The maximum atomic E-state index is 15.6. The number of carbonyl (C=O) groups is 1. The largest absolute Gasteiger partial charge is 0.444 e. The van der Waals surface area contributed by atoms with Gasteiger partial charge in [0.25, 0.3) is 0 Å². The van der Waals surface area contributed by atoms with Gasteiger partial charge in [0, 0.05) is 31.3 Å². The van der Waals surface area contributed by atoms with Crippen LogP contribution in [0.2, 0.25) is 25.7 Å². The summed E-state index contributed by atoms with van der Waals surface area (Å²) >= 11 is 0. The highest BCUT2D eigenvalue weighted by Crippen LogP contribution is 2.39. The Morgan fingerprint density at radius 3 is 2.61 bits per heavy atom. The number of fused-ring (bicyclic) bond motifs is 1. The minimum absolute atomic E-state index is 0.248. The van der Waals surface area contributed by atoms with Gasteiger partial charge in [-0.15, -0.1) is 0 Å². The van der Waals surface area contributed by atoms with Gasteiger partial charge in [-0.1, -0.05) is 25.7 Å². The summed E-state index contributed by atoms with van der Waals surface area (Å²) in [7, 11) is -1.23. The summed E-state index contributed by atoms with van der Waals surface area (Å²) in [5.74, 6) is -0.414. The Bertz CT molecular complexity index is 1210. The van der Waals surface area contributed by atoms with Gasteiger partial charge in [0.2, 0.25) is 0 Å². The number of aromatic nitrogens is 1. The van der Waals surface area contributed by atoms with E-state index < -0.39 is 25.6 Å². The van der Waals surface area contributed by atoms with E-state index in [1.165, 1.54) is 6.07 Å². The van der Waals surface area contributed by atoms with E-state index in [-0.39, 0.29) is 6.04 Å². The molecule has 36 heavy (non-hydrogen) atoms. The Morgan fingerprint density at radius 1 is 1.31 bits per heavy atom. The molecule has 0 fully saturated rings. The molecule has 196 valence electrons. The number of hydrogen-bond donors (Lipinski definition) is 1. The summed E-state index contributed by atoms with van der Waals surface area (Å²) in [6.45, 7) is 17.3. The molecule has 0 saturated heterocycles. The number of aryl methyl sites for hydroxylation is 1. The van der Waals surface area contributed by atoms with Crippen molar-refractivity contribution in [3.05, 3.63) is 40.3 Å². The summed E-state index contributed by atoms with van der Waals surface area (Å²) in [5.41, 5.74) is 3.67. The molecule has 6 nitrogen and oxygen atoms in total. The molecule has 0 spiro atoms. The first-order valence-corrected chi connectivity index (χ1v) is 16.4. The van der Waals surface area contributed by atoms with Crippen LogP contribution in [0.5, 0.6) is 0 Å². The molecule has 1 aliphatic carbocycles. The number of nitriles is 1. The van der Waals surface area contributed by atoms with E-state index in [0.29, 0.717) is 36.4 Å². The van der Waals surface area contributed by atoms with Gasteiger partial charge >= 0.3 is 6.09 Å². The third-order valence-corrected chi connectivity index (χ3v) is 8.27. The van der Waals surface area contributed by atoms with E-state index in [1.807, 2.05) is 45.3 Å². The lowest BCUT2D eigenvalue weighted by atomic mass is 9.87. The molecule has 8 heteroatoms. The highest BCUT2D eigenvalue weighted by atomic mass is 28.3. The van der Waals surface area contributed by atoms with Crippen molar-refractivity contribution < 1.29 is 18.7 Å². The lowest BCUT2D eigenvalue weighted by Crippen LogP contribution is -2.39. The molecule has 1 aromatic carbocycles. The molecule has 3 rings (SSSR count). The Kier molecular flexibility index (Phi) is 8.36. The summed E-state index contributed by atoms with van der Waals surface area (Å²) in [4.78, 5) is 12.3.